The molecule has 0 saturated carbocycles. The Morgan fingerprint density at radius 2 is 2.04 bits per heavy atom. The fourth-order valence-corrected chi connectivity index (χ4v) is 2.61. The predicted octanol–water partition coefficient (Wildman–Crippen LogP) is 2.60. The SMILES string of the molecule is COc1ncc(CN2CCc3nc(C(F)(F)F)ncc3C2)cc1F. The Labute approximate surface area is 135 Å². The first-order valence-corrected chi connectivity index (χ1v) is 7.19. The van der Waals surface area contributed by atoms with E-state index < -0.39 is 17.8 Å². The van der Waals surface area contributed by atoms with Crippen LogP contribution in [0.5, 0.6) is 5.88 Å². The first-order chi connectivity index (χ1) is 11.4. The molecular weight excluding hydrogens is 328 g/mol. The third-order valence-electron chi connectivity index (χ3n) is 3.73. The Bertz CT molecular complexity index is 751. The second kappa shape index (κ2) is 6.31. The van der Waals surface area contributed by atoms with Gasteiger partial charge in [-0.15, -0.1) is 0 Å². The van der Waals surface area contributed by atoms with E-state index in [1.165, 1.54) is 25.6 Å². The molecule has 0 saturated heterocycles. The van der Waals surface area contributed by atoms with E-state index in [1.54, 1.807) is 0 Å². The van der Waals surface area contributed by atoms with E-state index in [2.05, 4.69) is 15.0 Å². The summed E-state index contributed by atoms with van der Waals surface area (Å²) < 4.78 is 56.3. The topological polar surface area (TPSA) is 51.1 Å². The maximum absolute atomic E-state index is 13.7. The van der Waals surface area contributed by atoms with Gasteiger partial charge in [-0.1, -0.05) is 0 Å². The van der Waals surface area contributed by atoms with Gasteiger partial charge in [0, 0.05) is 44.0 Å². The van der Waals surface area contributed by atoms with Crippen molar-refractivity contribution in [3.05, 3.63) is 46.9 Å². The lowest BCUT2D eigenvalue weighted by Gasteiger charge is -2.28. The lowest BCUT2D eigenvalue weighted by molar-refractivity contribution is -0.145. The minimum atomic E-state index is -4.54. The highest BCUT2D eigenvalue weighted by Gasteiger charge is 2.35. The number of nitrogens with zero attached hydrogens (tertiary/aromatic N) is 4. The number of aromatic nitrogens is 3. The molecule has 2 aromatic rings. The summed E-state index contributed by atoms with van der Waals surface area (Å²) in [6.07, 6.45) is -1.43. The molecule has 5 nitrogen and oxygen atoms in total. The average Bonchev–Trinajstić information content (AvgIpc) is 2.53. The number of hydrogen-bond acceptors (Lipinski definition) is 5. The summed E-state index contributed by atoms with van der Waals surface area (Å²) in [7, 11) is 1.34. The first kappa shape index (κ1) is 16.6. The molecule has 0 radical (unpaired) electrons. The van der Waals surface area contributed by atoms with Gasteiger partial charge in [0.05, 0.1) is 12.8 Å². The molecule has 0 aromatic carbocycles. The van der Waals surface area contributed by atoms with Crippen LogP contribution >= 0.6 is 0 Å². The maximum Gasteiger partial charge on any atom is 0.451 e. The van der Waals surface area contributed by atoms with Gasteiger partial charge in [0.25, 0.3) is 0 Å². The van der Waals surface area contributed by atoms with E-state index >= 15 is 0 Å². The van der Waals surface area contributed by atoms with Crippen LogP contribution in [0.2, 0.25) is 0 Å². The number of rotatable bonds is 3. The molecule has 24 heavy (non-hydrogen) atoms. The quantitative estimate of drug-likeness (QED) is 0.803. The van der Waals surface area contributed by atoms with E-state index in [4.69, 9.17) is 4.74 Å². The van der Waals surface area contributed by atoms with Crippen molar-refractivity contribution < 1.29 is 22.3 Å². The van der Waals surface area contributed by atoms with Gasteiger partial charge < -0.3 is 4.74 Å². The van der Waals surface area contributed by atoms with Crippen molar-refractivity contribution in [3.63, 3.8) is 0 Å². The summed E-state index contributed by atoms with van der Waals surface area (Å²) in [6.45, 7) is 1.35. The monoisotopic (exact) mass is 342 g/mol. The van der Waals surface area contributed by atoms with Crippen molar-refractivity contribution in [1.29, 1.82) is 0 Å². The third-order valence-corrected chi connectivity index (χ3v) is 3.73. The number of methoxy groups -OCH3 is 1. The molecule has 2 aromatic heterocycles. The number of pyridine rings is 1. The van der Waals surface area contributed by atoms with Gasteiger partial charge in [-0.25, -0.2) is 19.3 Å². The van der Waals surface area contributed by atoms with Crippen molar-refractivity contribution in [2.75, 3.05) is 13.7 Å². The van der Waals surface area contributed by atoms with Gasteiger partial charge in [0.2, 0.25) is 11.7 Å². The lowest BCUT2D eigenvalue weighted by Crippen LogP contribution is -2.31. The zero-order chi connectivity index (χ0) is 17.3. The highest BCUT2D eigenvalue weighted by atomic mass is 19.4. The van der Waals surface area contributed by atoms with E-state index in [0.29, 0.717) is 42.9 Å². The fourth-order valence-electron chi connectivity index (χ4n) is 2.61. The van der Waals surface area contributed by atoms with E-state index in [-0.39, 0.29) is 5.88 Å². The summed E-state index contributed by atoms with van der Waals surface area (Å²) in [6, 6.07) is 1.34. The Morgan fingerprint density at radius 3 is 2.71 bits per heavy atom. The molecule has 0 N–H and O–H groups in total. The third kappa shape index (κ3) is 3.45. The van der Waals surface area contributed by atoms with Gasteiger partial charge in [0.1, 0.15) is 0 Å². The minimum Gasteiger partial charge on any atom is -0.479 e. The molecule has 0 unspecified atom stereocenters. The molecule has 0 spiro atoms. The normalized spacial score (nSPS) is 15.2. The van der Waals surface area contributed by atoms with Crippen LogP contribution < -0.4 is 4.74 Å². The summed E-state index contributed by atoms with van der Waals surface area (Å²) in [5, 5.41) is 0. The number of fused-ring (bicyclic) bond motifs is 1. The number of hydrogen-bond donors (Lipinski definition) is 0. The molecule has 0 fully saturated rings. The number of halogens is 4. The Morgan fingerprint density at radius 1 is 1.25 bits per heavy atom. The van der Waals surface area contributed by atoms with Gasteiger partial charge in [-0.2, -0.15) is 13.2 Å². The fraction of sp³-hybridized carbons (Fsp3) is 0.400. The highest BCUT2D eigenvalue weighted by Crippen LogP contribution is 2.28. The Kier molecular flexibility index (Phi) is 4.35. The van der Waals surface area contributed by atoms with Crippen LogP contribution in [0, 0.1) is 5.82 Å². The first-order valence-electron chi connectivity index (χ1n) is 7.19. The summed E-state index contributed by atoms with van der Waals surface area (Å²) in [5.41, 5.74) is 1.72. The largest absolute Gasteiger partial charge is 0.479 e. The minimum absolute atomic E-state index is 0.0733. The molecule has 9 heteroatoms. The Hall–Kier alpha value is -2.29. The molecule has 0 amide bonds. The molecule has 1 aliphatic heterocycles. The predicted molar refractivity (Wildman–Crippen MR) is 75.6 cm³/mol. The van der Waals surface area contributed by atoms with Gasteiger partial charge in [-0.05, 0) is 11.6 Å². The van der Waals surface area contributed by atoms with Crippen molar-refractivity contribution in [3.8, 4) is 5.88 Å². The molecular formula is C15H14F4N4O. The molecule has 0 atom stereocenters. The number of ether oxygens (including phenoxy) is 1. The molecule has 3 heterocycles. The summed E-state index contributed by atoms with van der Waals surface area (Å²) in [5.74, 6) is -1.74. The zero-order valence-electron chi connectivity index (χ0n) is 12.8. The van der Waals surface area contributed by atoms with Crippen LogP contribution in [-0.2, 0) is 25.7 Å². The van der Waals surface area contributed by atoms with Crippen molar-refractivity contribution in [1.82, 2.24) is 19.9 Å². The van der Waals surface area contributed by atoms with Crippen LogP contribution in [0.25, 0.3) is 0 Å². The van der Waals surface area contributed by atoms with Crippen LogP contribution in [0.1, 0.15) is 22.6 Å². The maximum atomic E-state index is 13.7. The van der Waals surface area contributed by atoms with E-state index in [1.807, 2.05) is 4.90 Å². The summed E-state index contributed by atoms with van der Waals surface area (Å²) in [4.78, 5) is 12.8. The second-order valence-corrected chi connectivity index (χ2v) is 5.46. The Balaban J connectivity index is 1.72. The van der Waals surface area contributed by atoms with Crippen molar-refractivity contribution in [2.24, 2.45) is 0 Å². The smallest absolute Gasteiger partial charge is 0.451 e. The summed E-state index contributed by atoms with van der Waals surface area (Å²) >= 11 is 0. The second-order valence-electron chi connectivity index (χ2n) is 5.46. The highest BCUT2D eigenvalue weighted by molar-refractivity contribution is 5.23. The van der Waals surface area contributed by atoms with Crippen LogP contribution in [0.3, 0.4) is 0 Å². The van der Waals surface area contributed by atoms with Crippen LogP contribution in [-0.4, -0.2) is 33.5 Å². The van der Waals surface area contributed by atoms with Gasteiger partial charge >= 0.3 is 6.18 Å². The number of alkyl halides is 3. The molecule has 0 aliphatic carbocycles. The molecule has 0 bridgehead atoms. The average molecular weight is 342 g/mol. The van der Waals surface area contributed by atoms with Crippen molar-refractivity contribution >= 4 is 0 Å². The molecule has 128 valence electrons. The lowest BCUT2D eigenvalue weighted by atomic mass is 10.1. The molecule has 1 aliphatic rings. The molecule has 3 rings (SSSR count). The van der Waals surface area contributed by atoms with E-state index in [9.17, 15) is 17.6 Å². The van der Waals surface area contributed by atoms with E-state index in [0.717, 1.165) is 0 Å². The zero-order valence-corrected chi connectivity index (χ0v) is 12.8. The van der Waals surface area contributed by atoms with Gasteiger partial charge in [-0.3, -0.25) is 4.90 Å². The van der Waals surface area contributed by atoms with Crippen LogP contribution in [0.15, 0.2) is 18.5 Å². The van der Waals surface area contributed by atoms with Gasteiger partial charge in [0.15, 0.2) is 5.82 Å². The van der Waals surface area contributed by atoms with Crippen molar-refractivity contribution in [2.45, 2.75) is 25.7 Å². The standard InChI is InChI=1S/C15H14F4N4O/c1-24-13-11(16)4-9(5-20-13)7-23-3-2-12-10(8-23)6-21-14(22-12)15(17,18)19/h4-6H,2-3,7-8H2,1H3. The van der Waals surface area contributed by atoms with Crippen LogP contribution in [0.4, 0.5) is 17.6 Å².